The Morgan fingerprint density at radius 2 is 2.14 bits per heavy atom. The number of nitrogens with one attached hydrogen (secondary N) is 1. The molecular formula is C15H15N5S. The van der Waals surface area contributed by atoms with Crippen LogP contribution < -0.4 is 0 Å². The topological polar surface area (TPSA) is 58.9 Å². The maximum Gasteiger partial charge on any atom is 0.234 e. The third kappa shape index (κ3) is 2.03. The molecule has 0 bridgehead atoms. The number of hydrogen-bond donors (Lipinski definition) is 1. The lowest BCUT2D eigenvalue weighted by Crippen LogP contribution is -1.95. The number of H-pyrrole nitrogens is 1. The number of hydrogen-bond acceptors (Lipinski definition) is 4. The predicted molar refractivity (Wildman–Crippen MR) is 84.6 cm³/mol. The van der Waals surface area contributed by atoms with Gasteiger partial charge in [-0.3, -0.25) is 0 Å². The Hall–Kier alpha value is -2.21. The Bertz CT molecular complexity index is 901. The van der Waals surface area contributed by atoms with Gasteiger partial charge in [0.05, 0.1) is 0 Å². The molecule has 1 aromatic carbocycles. The van der Waals surface area contributed by atoms with Gasteiger partial charge in [0.2, 0.25) is 4.96 Å². The highest BCUT2D eigenvalue weighted by atomic mass is 32.1. The van der Waals surface area contributed by atoms with Crippen molar-refractivity contribution >= 4 is 27.2 Å². The van der Waals surface area contributed by atoms with Crippen molar-refractivity contribution in [2.24, 2.45) is 0 Å². The van der Waals surface area contributed by atoms with E-state index in [4.69, 9.17) is 5.10 Å². The van der Waals surface area contributed by atoms with E-state index in [9.17, 15) is 0 Å². The van der Waals surface area contributed by atoms with Gasteiger partial charge in [0, 0.05) is 29.1 Å². The van der Waals surface area contributed by atoms with Gasteiger partial charge in [0.15, 0.2) is 5.82 Å². The summed E-state index contributed by atoms with van der Waals surface area (Å²) in [4.78, 5) is 4.16. The van der Waals surface area contributed by atoms with Crippen LogP contribution in [0.3, 0.4) is 0 Å². The van der Waals surface area contributed by atoms with Crippen molar-refractivity contribution in [2.75, 3.05) is 0 Å². The predicted octanol–water partition coefficient (Wildman–Crippen LogP) is 3.68. The minimum Gasteiger partial charge on any atom is -0.360 e. The average Bonchev–Trinajstić information content (AvgIpc) is 3.18. The van der Waals surface area contributed by atoms with E-state index in [1.165, 1.54) is 5.39 Å². The van der Waals surface area contributed by atoms with Crippen molar-refractivity contribution < 1.29 is 0 Å². The third-order valence-corrected chi connectivity index (χ3v) is 4.56. The van der Waals surface area contributed by atoms with Crippen LogP contribution in [0.5, 0.6) is 0 Å². The first-order chi connectivity index (χ1) is 10.4. The van der Waals surface area contributed by atoms with Crippen molar-refractivity contribution in [3.05, 3.63) is 36.3 Å². The number of aromatic amines is 1. The van der Waals surface area contributed by atoms with Gasteiger partial charge in [-0.25, -0.2) is 0 Å². The first kappa shape index (κ1) is 12.5. The smallest absolute Gasteiger partial charge is 0.234 e. The van der Waals surface area contributed by atoms with Crippen LogP contribution in [0.25, 0.3) is 26.4 Å². The van der Waals surface area contributed by atoms with Crippen LogP contribution >= 0.6 is 11.3 Å². The van der Waals surface area contributed by atoms with E-state index in [2.05, 4.69) is 34.2 Å². The number of aryl methyl sites for hydroxylation is 1. The molecule has 0 atom stereocenters. The van der Waals surface area contributed by atoms with Gasteiger partial charge in [-0.2, -0.15) is 9.61 Å². The summed E-state index contributed by atoms with van der Waals surface area (Å²) in [5.74, 6) is 0.953. The van der Waals surface area contributed by atoms with E-state index in [0.29, 0.717) is 0 Å². The lowest BCUT2D eigenvalue weighted by Gasteiger charge is -1.94. The van der Waals surface area contributed by atoms with Crippen molar-refractivity contribution in [1.82, 2.24) is 24.8 Å². The van der Waals surface area contributed by atoms with Gasteiger partial charge in [0.1, 0.15) is 5.01 Å². The van der Waals surface area contributed by atoms with Gasteiger partial charge >= 0.3 is 0 Å². The maximum absolute atomic E-state index is 4.71. The summed E-state index contributed by atoms with van der Waals surface area (Å²) in [5.41, 5.74) is 2.26. The zero-order chi connectivity index (χ0) is 14.2. The quantitative estimate of drug-likeness (QED) is 0.625. The van der Waals surface area contributed by atoms with Crippen LogP contribution in [0.15, 0.2) is 30.5 Å². The average molecular weight is 297 g/mol. The van der Waals surface area contributed by atoms with E-state index in [0.717, 1.165) is 46.1 Å². The number of fused-ring (bicyclic) bond motifs is 2. The monoisotopic (exact) mass is 297 g/mol. The van der Waals surface area contributed by atoms with Gasteiger partial charge in [-0.1, -0.05) is 42.9 Å². The van der Waals surface area contributed by atoms with Crippen LogP contribution in [0.4, 0.5) is 0 Å². The Balaban J connectivity index is 1.81. The van der Waals surface area contributed by atoms with E-state index < -0.39 is 0 Å². The minimum absolute atomic E-state index is 0.862. The second-order valence-electron chi connectivity index (χ2n) is 5.07. The SMILES string of the molecule is CCCCc1nnc2sc(-c3c[nH]c4ccccc34)nn12. The molecule has 0 amide bonds. The summed E-state index contributed by atoms with van der Waals surface area (Å²) in [7, 11) is 0. The van der Waals surface area contributed by atoms with E-state index in [1.54, 1.807) is 11.3 Å². The summed E-state index contributed by atoms with van der Waals surface area (Å²) >= 11 is 1.58. The van der Waals surface area contributed by atoms with Crippen molar-refractivity contribution in [2.45, 2.75) is 26.2 Å². The number of nitrogens with zero attached hydrogens (tertiary/aromatic N) is 4. The van der Waals surface area contributed by atoms with Crippen LogP contribution in [0.2, 0.25) is 0 Å². The van der Waals surface area contributed by atoms with Crippen molar-refractivity contribution in [3.63, 3.8) is 0 Å². The van der Waals surface area contributed by atoms with Crippen LogP contribution in [-0.4, -0.2) is 24.8 Å². The Kier molecular flexibility index (Phi) is 2.96. The van der Waals surface area contributed by atoms with Gasteiger partial charge < -0.3 is 4.98 Å². The van der Waals surface area contributed by atoms with Gasteiger partial charge in [-0.15, -0.1) is 10.2 Å². The third-order valence-electron chi connectivity index (χ3n) is 3.63. The van der Waals surface area contributed by atoms with E-state index in [1.807, 2.05) is 22.8 Å². The molecule has 6 heteroatoms. The molecule has 3 aromatic heterocycles. The minimum atomic E-state index is 0.862. The molecule has 106 valence electrons. The highest BCUT2D eigenvalue weighted by molar-refractivity contribution is 7.19. The van der Waals surface area contributed by atoms with E-state index >= 15 is 0 Å². The molecule has 1 N–H and O–H groups in total. The first-order valence-corrected chi connectivity index (χ1v) is 7.96. The van der Waals surface area contributed by atoms with Crippen LogP contribution in [0.1, 0.15) is 25.6 Å². The largest absolute Gasteiger partial charge is 0.360 e. The molecule has 0 saturated carbocycles. The molecule has 0 aliphatic rings. The van der Waals surface area contributed by atoms with Crippen LogP contribution in [0, 0.1) is 0 Å². The normalized spacial score (nSPS) is 11.7. The second-order valence-corrected chi connectivity index (χ2v) is 6.03. The standard InChI is InChI=1S/C15H15N5S/c1-2-3-8-13-17-18-15-20(13)19-14(21-15)11-9-16-12-7-5-4-6-10(11)12/h4-7,9,16H,2-3,8H2,1H3. The Morgan fingerprint density at radius 3 is 3.05 bits per heavy atom. The highest BCUT2D eigenvalue weighted by Gasteiger charge is 2.15. The molecule has 0 aliphatic carbocycles. The fourth-order valence-electron chi connectivity index (χ4n) is 2.51. The molecule has 21 heavy (non-hydrogen) atoms. The molecule has 5 nitrogen and oxygen atoms in total. The molecule has 0 spiro atoms. The molecule has 4 rings (SSSR count). The Morgan fingerprint density at radius 1 is 1.24 bits per heavy atom. The molecule has 3 heterocycles. The molecule has 0 fully saturated rings. The number of rotatable bonds is 4. The fraction of sp³-hybridized carbons (Fsp3) is 0.267. The highest BCUT2D eigenvalue weighted by Crippen LogP contribution is 2.31. The summed E-state index contributed by atoms with van der Waals surface area (Å²) < 4.78 is 1.89. The molecule has 0 unspecified atom stereocenters. The van der Waals surface area contributed by atoms with Gasteiger partial charge in [-0.05, 0) is 12.5 Å². The first-order valence-electron chi connectivity index (χ1n) is 7.14. The van der Waals surface area contributed by atoms with Crippen LogP contribution in [-0.2, 0) is 6.42 Å². The fourth-order valence-corrected chi connectivity index (χ4v) is 3.39. The zero-order valence-corrected chi connectivity index (χ0v) is 12.5. The zero-order valence-electron chi connectivity index (χ0n) is 11.7. The summed E-state index contributed by atoms with van der Waals surface area (Å²) in [6.07, 6.45) is 5.20. The second kappa shape index (κ2) is 4.96. The number of aromatic nitrogens is 5. The lowest BCUT2D eigenvalue weighted by atomic mass is 10.2. The molecule has 0 radical (unpaired) electrons. The molecular weight excluding hydrogens is 282 g/mol. The molecule has 0 saturated heterocycles. The van der Waals surface area contributed by atoms with E-state index in [-0.39, 0.29) is 0 Å². The maximum atomic E-state index is 4.71. The summed E-state index contributed by atoms with van der Waals surface area (Å²) in [5, 5.41) is 15.4. The van der Waals surface area contributed by atoms with Crippen molar-refractivity contribution in [1.29, 1.82) is 0 Å². The number of benzene rings is 1. The van der Waals surface area contributed by atoms with Gasteiger partial charge in [0.25, 0.3) is 0 Å². The Labute approximate surface area is 125 Å². The lowest BCUT2D eigenvalue weighted by molar-refractivity contribution is 0.723. The number of unbranched alkanes of at least 4 members (excludes halogenated alkanes) is 1. The molecule has 0 aliphatic heterocycles. The number of para-hydroxylation sites is 1. The molecule has 4 aromatic rings. The van der Waals surface area contributed by atoms with Crippen molar-refractivity contribution in [3.8, 4) is 10.6 Å². The summed E-state index contributed by atoms with van der Waals surface area (Å²) in [6.45, 7) is 2.18. The summed E-state index contributed by atoms with van der Waals surface area (Å²) in [6, 6.07) is 8.27.